The van der Waals surface area contributed by atoms with Gasteiger partial charge in [0, 0.05) is 53.6 Å². The summed E-state index contributed by atoms with van der Waals surface area (Å²) in [6.07, 6.45) is 7.06. The van der Waals surface area contributed by atoms with Crippen LogP contribution in [0.3, 0.4) is 0 Å². The Balaban J connectivity index is 1.41. The summed E-state index contributed by atoms with van der Waals surface area (Å²) in [4.78, 5) is 39.4. The summed E-state index contributed by atoms with van der Waals surface area (Å²) in [6.45, 7) is 3.48. The number of hydrogen-bond donors (Lipinski definition) is 1. The zero-order chi connectivity index (χ0) is 28.0. The second-order valence-electron chi connectivity index (χ2n) is 10.4. The Bertz CT molecular complexity index is 1590. The Labute approximate surface area is 245 Å². The number of benzene rings is 1. The number of halogens is 1. The predicted molar refractivity (Wildman–Crippen MR) is 160 cm³/mol. The van der Waals surface area contributed by atoms with Crippen LogP contribution >= 0.6 is 27.3 Å². The van der Waals surface area contributed by atoms with Crippen LogP contribution in [-0.4, -0.2) is 74.6 Å². The van der Waals surface area contributed by atoms with Crippen LogP contribution in [0.4, 0.5) is 5.13 Å². The lowest BCUT2D eigenvalue weighted by Gasteiger charge is -2.35. The van der Waals surface area contributed by atoms with E-state index in [9.17, 15) is 9.59 Å². The van der Waals surface area contributed by atoms with E-state index in [1.165, 1.54) is 18.3 Å². The van der Waals surface area contributed by atoms with E-state index < -0.39 is 0 Å². The number of carbonyl (C=O) groups excluding carboxylic acids is 2. The van der Waals surface area contributed by atoms with Gasteiger partial charge in [-0.3, -0.25) is 14.6 Å². The van der Waals surface area contributed by atoms with Crippen LogP contribution < -0.4 is 5.32 Å². The second-order valence-corrected chi connectivity index (χ2v) is 12.3. The van der Waals surface area contributed by atoms with Gasteiger partial charge in [-0.1, -0.05) is 11.3 Å². The summed E-state index contributed by atoms with van der Waals surface area (Å²) in [7, 11) is 4.03. The molecule has 1 fully saturated rings. The highest BCUT2D eigenvalue weighted by molar-refractivity contribution is 9.10. The van der Waals surface area contributed by atoms with Gasteiger partial charge in [0.1, 0.15) is 0 Å². The lowest BCUT2D eigenvalue weighted by atomic mass is 9.95. The maximum absolute atomic E-state index is 13.4. The van der Waals surface area contributed by atoms with E-state index >= 15 is 0 Å². The quantitative estimate of drug-likeness (QED) is 0.336. The van der Waals surface area contributed by atoms with Crippen molar-refractivity contribution in [2.45, 2.75) is 38.6 Å². The normalized spacial score (nSPS) is 15.4. The average Bonchev–Trinajstić information content (AvgIpc) is 3.53. The molecular formula is C29H30BrN7O2S. The second kappa shape index (κ2) is 10.9. The number of rotatable bonds is 5. The van der Waals surface area contributed by atoms with Crippen LogP contribution in [0.25, 0.3) is 27.5 Å². The molecule has 6 rings (SSSR count). The van der Waals surface area contributed by atoms with Crippen molar-refractivity contribution in [3.8, 4) is 27.5 Å². The number of amides is 2. The molecule has 40 heavy (non-hydrogen) atoms. The first-order valence-corrected chi connectivity index (χ1v) is 15.0. The molecule has 11 heteroatoms. The molecular weight excluding hydrogens is 590 g/mol. The standard InChI is InChI=1S/C29H30BrN7O2S/c1-17(38)32-29-33-23-8-7-21-25(19-5-4-12-31-16-19)34-37(26(21)27(23)40-29)24-9-6-18(15-22(24)30)28(39)36(3)20-10-13-35(2)14-11-20/h4-6,9,12,15-16,20H,7-8,10-11,13-14H2,1-3H3,(H,32,33,38). The topological polar surface area (TPSA) is 96.2 Å². The molecule has 0 bridgehead atoms. The van der Waals surface area contributed by atoms with Gasteiger partial charge in [0.05, 0.1) is 27.6 Å². The van der Waals surface area contributed by atoms with Gasteiger partial charge in [0.2, 0.25) is 5.91 Å². The molecule has 1 aliphatic carbocycles. The number of nitrogens with one attached hydrogen (secondary N) is 1. The van der Waals surface area contributed by atoms with Gasteiger partial charge in [-0.2, -0.15) is 5.10 Å². The van der Waals surface area contributed by atoms with Gasteiger partial charge in [-0.05, 0) is 92.1 Å². The number of aryl methyl sites for hydroxylation is 1. The minimum Gasteiger partial charge on any atom is -0.339 e. The number of piperidine rings is 1. The molecule has 2 aliphatic rings. The van der Waals surface area contributed by atoms with Crippen LogP contribution in [0, 0.1) is 0 Å². The Morgan fingerprint density at radius 3 is 2.67 bits per heavy atom. The maximum atomic E-state index is 13.4. The first-order chi connectivity index (χ1) is 19.3. The first-order valence-electron chi connectivity index (χ1n) is 13.4. The van der Waals surface area contributed by atoms with Crippen molar-refractivity contribution in [3.63, 3.8) is 0 Å². The molecule has 0 spiro atoms. The largest absolute Gasteiger partial charge is 0.339 e. The van der Waals surface area contributed by atoms with E-state index in [1.807, 2.05) is 53.2 Å². The van der Waals surface area contributed by atoms with Gasteiger partial charge in [-0.25, -0.2) is 9.67 Å². The molecule has 206 valence electrons. The highest BCUT2D eigenvalue weighted by atomic mass is 79.9. The third kappa shape index (κ3) is 4.97. The summed E-state index contributed by atoms with van der Waals surface area (Å²) >= 11 is 5.22. The SMILES string of the molecule is CC(=O)Nc1nc2c(s1)-c1c(c(-c3cccnc3)nn1-c1ccc(C(=O)N(C)C3CCN(C)CC3)cc1Br)CC2. The van der Waals surface area contributed by atoms with Gasteiger partial charge >= 0.3 is 0 Å². The summed E-state index contributed by atoms with van der Waals surface area (Å²) in [5.74, 6) is -0.130. The minimum atomic E-state index is -0.149. The van der Waals surface area contributed by atoms with Crippen molar-refractivity contribution in [1.29, 1.82) is 0 Å². The molecule has 1 saturated heterocycles. The van der Waals surface area contributed by atoms with Gasteiger partial charge < -0.3 is 15.1 Å². The van der Waals surface area contributed by atoms with Crippen LogP contribution in [0.2, 0.25) is 0 Å². The zero-order valence-electron chi connectivity index (χ0n) is 22.6. The third-order valence-corrected chi connectivity index (χ3v) is 9.36. The zero-order valence-corrected chi connectivity index (χ0v) is 25.0. The summed E-state index contributed by atoms with van der Waals surface area (Å²) in [5.41, 5.74) is 6.30. The molecule has 4 heterocycles. The van der Waals surface area contributed by atoms with Crippen molar-refractivity contribution in [1.82, 2.24) is 29.5 Å². The lowest BCUT2D eigenvalue weighted by molar-refractivity contribution is -0.114. The number of nitrogens with zero attached hydrogens (tertiary/aromatic N) is 6. The number of thiazole rings is 1. The first kappa shape index (κ1) is 26.8. The minimum absolute atomic E-state index is 0.0186. The fourth-order valence-electron chi connectivity index (χ4n) is 5.55. The highest BCUT2D eigenvalue weighted by Crippen LogP contribution is 2.44. The molecule has 0 atom stereocenters. The predicted octanol–water partition coefficient (Wildman–Crippen LogP) is 5.04. The fourth-order valence-corrected chi connectivity index (χ4v) is 7.21. The number of aromatic nitrogens is 4. The van der Waals surface area contributed by atoms with Crippen molar-refractivity contribution in [3.05, 3.63) is 64.0 Å². The van der Waals surface area contributed by atoms with Gasteiger partial charge in [0.25, 0.3) is 5.91 Å². The van der Waals surface area contributed by atoms with Crippen molar-refractivity contribution in [2.24, 2.45) is 0 Å². The summed E-state index contributed by atoms with van der Waals surface area (Å²) < 4.78 is 2.71. The van der Waals surface area contributed by atoms with Crippen LogP contribution in [0.1, 0.15) is 41.4 Å². The molecule has 0 radical (unpaired) electrons. The van der Waals surface area contributed by atoms with Crippen molar-refractivity contribution in [2.75, 3.05) is 32.5 Å². The van der Waals surface area contributed by atoms with Crippen LogP contribution in [0.15, 0.2) is 47.2 Å². The van der Waals surface area contributed by atoms with E-state index in [0.29, 0.717) is 10.7 Å². The van der Waals surface area contributed by atoms with Gasteiger partial charge in [-0.15, -0.1) is 0 Å². The molecule has 4 aromatic rings. The monoisotopic (exact) mass is 619 g/mol. The number of hydrogen-bond acceptors (Lipinski definition) is 7. The molecule has 0 saturated carbocycles. The van der Waals surface area contributed by atoms with E-state index in [2.05, 4.69) is 38.2 Å². The van der Waals surface area contributed by atoms with Gasteiger partial charge in [0.15, 0.2) is 5.13 Å². The average molecular weight is 621 g/mol. The van der Waals surface area contributed by atoms with Crippen molar-refractivity contribution >= 4 is 44.2 Å². The van der Waals surface area contributed by atoms with E-state index in [4.69, 9.17) is 10.1 Å². The molecule has 1 aromatic carbocycles. The highest BCUT2D eigenvalue weighted by Gasteiger charge is 2.31. The molecule has 1 aliphatic heterocycles. The molecule has 3 aromatic heterocycles. The summed E-state index contributed by atoms with van der Waals surface area (Å²) in [6, 6.07) is 9.88. The molecule has 2 amide bonds. The fraction of sp³-hybridized carbons (Fsp3) is 0.345. The Morgan fingerprint density at radius 1 is 1.18 bits per heavy atom. The Hall–Kier alpha value is -3.41. The number of fused-ring (bicyclic) bond motifs is 3. The molecule has 9 nitrogen and oxygen atoms in total. The Morgan fingerprint density at radius 2 is 1.98 bits per heavy atom. The number of pyridine rings is 1. The number of carbonyl (C=O) groups is 2. The summed E-state index contributed by atoms with van der Waals surface area (Å²) in [5, 5.41) is 8.51. The van der Waals surface area contributed by atoms with E-state index in [-0.39, 0.29) is 17.9 Å². The van der Waals surface area contributed by atoms with Crippen LogP contribution in [-0.2, 0) is 17.6 Å². The van der Waals surface area contributed by atoms with E-state index in [1.54, 1.807) is 6.20 Å². The maximum Gasteiger partial charge on any atom is 0.253 e. The smallest absolute Gasteiger partial charge is 0.253 e. The van der Waals surface area contributed by atoms with E-state index in [0.717, 1.165) is 82.0 Å². The third-order valence-electron chi connectivity index (χ3n) is 7.70. The van der Waals surface area contributed by atoms with Crippen molar-refractivity contribution < 1.29 is 9.59 Å². The lowest BCUT2D eigenvalue weighted by Crippen LogP contribution is -2.44. The van der Waals surface area contributed by atoms with Crippen LogP contribution in [0.5, 0.6) is 0 Å². The number of anilines is 1. The Kier molecular flexibility index (Phi) is 7.28. The molecule has 0 unspecified atom stereocenters. The number of likely N-dealkylation sites (tertiary alicyclic amines) is 1. The molecule has 1 N–H and O–H groups in total.